The van der Waals surface area contributed by atoms with E-state index in [2.05, 4.69) is 29.7 Å². The third kappa shape index (κ3) is 3.40. The first kappa shape index (κ1) is 18.3. The molecule has 0 radical (unpaired) electrons. The highest BCUT2D eigenvalue weighted by molar-refractivity contribution is 6.28. The van der Waals surface area contributed by atoms with Crippen molar-refractivity contribution < 1.29 is 9.47 Å². The van der Waals surface area contributed by atoms with Crippen LogP contribution >= 0.6 is 11.6 Å². The maximum atomic E-state index is 6.20. The molecule has 2 N–H and O–H groups in total. The number of hydrogen-bond acceptors (Lipinski definition) is 9. The largest absolute Gasteiger partial charge is 0.493 e. The third-order valence-electron chi connectivity index (χ3n) is 4.72. The van der Waals surface area contributed by atoms with Gasteiger partial charge in [0.05, 0.1) is 19.7 Å². The smallest absolute Gasteiger partial charge is 0.228 e. The maximum absolute atomic E-state index is 6.20. The summed E-state index contributed by atoms with van der Waals surface area (Å²) in [6, 6.07) is 5.46. The summed E-state index contributed by atoms with van der Waals surface area (Å²) in [5, 5.41) is 0.977. The van der Waals surface area contributed by atoms with E-state index in [1.54, 1.807) is 26.5 Å². The second-order valence-corrected chi connectivity index (χ2v) is 6.63. The van der Waals surface area contributed by atoms with Crippen LogP contribution in [0.2, 0.25) is 5.28 Å². The van der Waals surface area contributed by atoms with Crippen LogP contribution in [0.25, 0.3) is 10.9 Å². The van der Waals surface area contributed by atoms with Crippen LogP contribution in [-0.2, 0) is 0 Å². The molecule has 3 aromatic rings. The number of nitrogens with two attached hydrogens (primary N) is 1. The summed E-state index contributed by atoms with van der Waals surface area (Å²) in [5.74, 6) is 3.01. The Hall–Kier alpha value is -3.07. The minimum absolute atomic E-state index is 0.245. The second kappa shape index (κ2) is 7.51. The normalized spacial score (nSPS) is 14.4. The molecule has 28 heavy (non-hydrogen) atoms. The Bertz CT molecular complexity index is 1010. The van der Waals surface area contributed by atoms with Gasteiger partial charge in [-0.3, -0.25) is 0 Å². The number of anilines is 3. The monoisotopic (exact) mass is 401 g/mol. The van der Waals surface area contributed by atoms with Crippen LogP contribution in [0.5, 0.6) is 11.5 Å². The van der Waals surface area contributed by atoms with E-state index in [1.807, 2.05) is 12.1 Å². The van der Waals surface area contributed by atoms with Crippen molar-refractivity contribution in [3.8, 4) is 11.5 Å². The summed E-state index contributed by atoms with van der Waals surface area (Å²) < 4.78 is 10.7. The van der Waals surface area contributed by atoms with Crippen molar-refractivity contribution in [2.75, 3.05) is 55.9 Å². The van der Waals surface area contributed by atoms with Crippen LogP contribution in [0.15, 0.2) is 24.4 Å². The Kier molecular flexibility index (Phi) is 4.91. The highest BCUT2D eigenvalue weighted by Crippen LogP contribution is 2.34. The SMILES string of the molecule is COc1cc2nc(N3CCN(c4ccnc(Cl)n4)CC3)nc(N)c2cc1OC. The van der Waals surface area contributed by atoms with Crippen LogP contribution in [-0.4, -0.2) is 60.3 Å². The van der Waals surface area contributed by atoms with Crippen LogP contribution < -0.4 is 25.0 Å². The Morgan fingerprint density at radius 2 is 1.64 bits per heavy atom. The number of rotatable bonds is 4. The Morgan fingerprint density at radius 1 is 0.964 bits per heavy atom. The summed E-state index contributed by atoms with van der Waals surface area (Å²) in [6.45, 7) is 3.00. The van der Waals surface area contributed by atoms with Gasteiger partial charge in [0, 0.05) is 43.8 Å². The topological polar surface area (TPSA) is 103 Å². The van der Waals surface area contributed by atoms with Gasteiger partial charge in [0.15, 0.2) is 11.5 Å². The minimum atomic E-state index is 0.245. The standard InChI is InChI=1S/C18H20ClN7O2/c1-27-13-9-11-12(10-14(13)28-2)22-18(24-16(11)20)26-7-5-25(6-8-26)15-3-4-21-17(19)23-15/h3-4,9-10H,5-8H2,1-2H3,(H2,20,22,24). The minimum Gasteiger partial charge on any atom is -0.493 e. The molecule has 1 aliphatic rings. The fourth-order valence-corrected chi connectivity index (χ4v) is 3.39. The van der Waals surface area contributed by atoms with Crippen LogP contribution in [0.1, 0.15) is 0 Å². The number of hydrogen-bond donors (Lipinski definition) is 1. The average Bonchev–Trinajstić information content (AvgIpc) is 2.73. The van der Waals surface area contributed by atoms with Gasteiger partial charge in [-0.2, -0.15) is 4.98 Å². The zero-order chi connectivity index (χ0) is 19.7. The molecule has 1 aromatic carbocycles. The van der Waals surface area contributed by atoms with Crippen molar-refractivity contribution >= 4 is 40.1 Å². The summed E-state index contributed by atoms with van der Waals surface area (Å²) in [6.07, 6.45) is 1.66. The molecule has 0 unspecified atom stereocenters. The zero-order valence-corrected chi connectivity index (χ0v) is 16.3. The van der Waals surface area contributed by atoms with Crippen molar-refractivity contribution in [3.05, 3.63) is 29.7 Å². The van der Waals surface area contributed by atoms with Crippen LogP contribution in [0.4, 0.5) is 17.6 Å². The molecule has 146 valence electrons. The van der Waals surface area contributed by atoms with E-state index >= 15 is 0 Å². The van der Waals surface area contributed by atoms with Crippen LogP contribution in [0.3, 0.4) is 0 Å². The number of halogens is 1. The van der Waals surface area contributed by atoms with Gasteiger partial charge in [-0.25, -0.2) is 15.0 Å². The van der Waals surface area contributed by atoms with Gasteiger partial charge in [-0.15, -0.1) is 0 Å². The predicted molar refractivity (Wildman–Crippen MR) is 109 cm³/mol. The van der Waals surface area contributed by atoms with Crippen LogP contribution in [0, 0.1) is 0 Å². The van der Waals surface area contributed by atoms with Crippen molar-refractivity contribution in [3.63, 3.8) is 0 Å². The molecule has 4 rings (SSSR count). The van der Waals surface area contributed by atoms with Crippen molar-refractivity contribution in [1.29, 1.82) is 0 Å². The first-order valence-corrected chi connectivity index (χ1v) is 9.14. The molecule has 9 nitrogen and oxygen atoms in total. The number of nitrogen functional groups attached to an aromatic ring is 1. The van der Waals surface area contributed by atoms with E-state index < -0.39 is 0 Å². The van der Waals surface area contributed by atoms with Gasteiger partial charge in [-0.1, -0.05) is 0 Å². The van der Waals surface area contributed by atoms with E-state index in [9.17, 15) is 0 Å². The van der Waals surface area contributed by atoms with Crippen molar-refractivity contribution in [2.45, 2.75) is 0 Å². The van der Waals surface area contributed by atoms with E-state index in [1.165, 1.54) is 0 Å². The van der Waals surface area contributed by atoms with Gasteiger partial charge in [0.25, 0.3) is 0 Å². The number of piperazine rings is 1. The summed E-state index contributed by atoms with van der Waals surface area (Å²) >= 11 is 5.90. The number of aromatic nitrogens is 4. The first-order valence-electron chi connectivity index (χ1n) is 8.76. The second-order valence-electron chi connectivity index (χ2n) is 6.29. The van der Waals surface area contributed by atoms with Gasteiger partial charge in [0.2, 0.25) is 11.2 Å². The average molecular weight is 402 g/mol. The molecule has 1 aliphatic heterocycles. The number of methoxy groups -OCH3 is 2. The molecule has 2 aromatic heterocycles. The molecule has 0 spiro atoms. The quantitative estimate of drug-likeness (QED) is 0.657. The molecular weight excluding hydrogens is 382 g/mol. The van der Waals surface area contributed by atoms with Gasteiger partial charge >= 0.3 is 0 Å². The Balaban J connectivity index is 1.58. The summed E-state index contributed by atoms with van der Waals surface area (Å²) in [7, 11) is 3.17. The van der Waals surface area contributed by atoms with Gasteiger partial charge in [-0.05, 0) is 23.7 Å². The molecule has 0 amide bonds. The van der Waals surface area contributed by atoms with E-state index in [-0.39, 0.29) is 5.28 Å². The predicted octanol–water partition coefficient (Wildman–Crippen LogP) is 2.00. The van der Waals surface area contributed by atoms with Crippen molar-refractivity contribution in [2.24, 2.45) is 0 Å². The number of nitrogens with zero attached hydrogens (tertiary/aromatic N) is 6. The van der Waals surface area contributed by atoms with Crippen molar-refractivity contribution in [1.82, 2.24) is 19.9 Å². The lowest BCUT2D eigenvalue weighted by molar-refractivity contribution is 0.356. The maximum Gasteiger partial charge on any atom is 0.228 e. The molecule has 1 saturated heterocycles. The number of ether oxygens (including phenoxy) is 2. The number of fused-ring (bicyclic) bond motifs is 1. The highest BCUT2D eigenvalue weighted by Gasteiger charge is 2.22. The van der Waals surface area contributed by atoms with E-state index in [0.717, 1.165) is 37.4 Å². The molecule has 1 fully saturated rings. The summed E-state index contributed by atoms with van der Waals surface area (Å²) in [5.41, 5.74) is 6.91. The van der Waals surface area contributed by atoms with E-state index in [4.69, 9.17) is 26.8 Å². The lowest BCUT2D eigenvalue weighted by atomic mass is 10.2. The molecule has 3 heterocycles. The van der Waals surface area contributed by atoms with E-state index in [0.29, 0.717) is 28.8 Å². The fourth-order valence-electron chi connectivity index (χ4n) is 3.25. The fraction of sp³-hybridized carbons (Fsp3) is 0.333. The molecule has 10 heteroatoms. The third-order valence-corrected chi connectivity index (χ3v) is 4.90. The first-order chi connectivity index (χ1) is 13.6. The van der Waals surface area contributed by atoms with Gasteiger partial charge in [0.1, 0.15) is 11.6 Å². The Labute approximate surface area is 167 Å². The highest BCUT2D eigenvalue weighted by atomic mass is 35.5. The molecule has 0 saturated carbocycles. The molecule has 0 bridgehead atoms. The molecule has 0 atom stereocenters. The lowest BCUT2D eigenvalue weighted by Gasteiger charge is -2.35. The zero-order valence-electron chi connectivity index (χ0n) is 15.6. The molecular formula is C18H20ClN7O2. The lowest BCUT2D eigenvalue weighted by Crippen LogP contribution is -2.47. The number of benzene rings is 1. The Morgan fingerprint density at radius 3 is 2.32 bits per heavy atom. The van der Waals surface area contributed by atoms with Gasteiger partial charge < -0.3 is 25.0 Å². The summed E-state index contributed by atoms with van der Waals surface area (Å²) in [4.78, 5) is 21.6. The molecule has 0 aliphatic carbocycles.